The highest BCUT2D eigenvalue weighted by molar-refractivity contribution is 5.60. The quantitative estimate of drug-likeness (QED) is 0.845. The van der Waals surface area contributed by atoms with Gasteiger partial charge in [0.25, 0.3) is 0 Å². The number of nitrogens with zero attached hydrogens (tertiary/aromatic N) is 4. The fourth-order valence-electron chi connectivity index (χ4n) is 3.35. The molecular weight excluding hydrogens is 292 g/mol. The van der Waals surface area contributed by atoms with E-state index in [0.29, 0.717) is 42.6 Å². The van der Waals surface area contributed by atoms with E-state index in [0.717, 1.165) is 18.7 Å². The molecule has 3 heterocycles. The molecule has 0 saturated carbocycles. The molecule has 0 aromatic carbocycles. The molecule has 6 nitrogen and oxygen atoms in total. The van der Waals surface area contributed by atoms with E-state index < -0.39 is 0 Å². The van der Waals surface area contributed by atoms with Crippen molar-refractivity contribution in [1.82, 2.24) is 20.0 Å². The molecule has 6 heteroatoms. The van der Waals surface area contributed by atoms with Gasteiger partial charge >= 0.3 is 0 Å². The maximum Gasteiger partial charge on any atom is 0.241 e. The minimum absolute atomic E-state index is 0.537. The van der Waals surface area contributed by atoms with Crippen molar-refractivity contribution in [2.45, 2.75) is 33.7 Å². The first-order valence-electron chi connectivity index (χ1n) is 8.28. The van der Waals surface area contributed by atoms with Gasteiger partial charge in [0.1, 0.15) is 0 Å². The molecule has 0 spiro atoms. The van der Waals surface area contributed by atoms with Crippen molar-refractivity contribution in [1.29, 1.82) is 0 Å². The Labute approximate surface area is 136 Å². The second-order valence-corrected chi connectivity index (χ2v) is 6.44. The number of likely N-dealkylation sites (tertiary alicyclic amines) is 1. The molecule has 0 radical (unpaired) electrons. The summed E-state index contributed by atoms with van der Waals surface area (Å²) >= 11 is 0. The molecule has 23 heavy (non-hydrogen) atoms. The third-order valence-corrected chi connectivity index (χ3v) is 4.06. The van der Waals surface area contributed by atoms with Gasteiger partial charge in [0.15, 0.2) is 0 Å². The molecule has 0 amide bonds. The second-order valence-electron chi connectivity index (χ2n) is 6.44. The first kappa shape index (κ1) is 15.9. The molecule has 0 N–H and O–H groups in total. The Morgan fingerprint density at radius 1 is 1.30 bits per heavy atom. The van der Waals surface area contributed by atoms with Gasteiger partial charge in [-0.25, -0.2) is 4.98 Å². The minimum Gasteiger partial charge on any atom is -0.477 e. The van der Waals surface area contributed by atoms with E-state index >= 15 is 0 Å². The SMILES string of the molecule is CCOc1ncccc1-c1noc(CN2C[C@H](C)C[C@H](C)C2)n1. The number of piperidine rings is 1. The van der Waals surface area contributed by atoms with Crippen LogP contribution in [0, 0.1) is 11.8 Å². The summed E-state index contributed by atoms with van der Waals surface area (Å²) in [4.78, 5) is 11.2. The number of ether oxygens (including phenoxy) is 1. The molecule has 1 fully saturated rings. The fraction of sp³-hybridized carbons (Fsp3) is 0.588. The fourth-order valence-corrected chi connectivity index (χ4v) is 3.35. The Morgan fingerprint density at radius 3 is 2.83 bits per heavy atom. The molecule has 2 atom stereocenters. The standard InChI is InChI=1S/C17H24N4O2/c1-4-22-17-14(6-5-7-18-17)16-19-15(23-20-16)11-21-9-12(2)8-13(3)10-21/h5-7,12-13H,4,8-11H2,1-3H3/t12-,13+. The van der Waals surface area contributed by atoms with Crippen LogP contribution in [0.4, 0.5) is 0 Å². The minimum atomic E-state index is 0.537. The van der Waals surface area contributed by atoms with Crippen LogP contribution in [0.2, 0.25) is 0 Å². The summed E-state index contributed by atoms with van der Waals surface area (Å²) in [5.41, 5.74) is 0.768. The van der Waals surface area contributed by atoms with Gasteiger partial charge in [-0.05, 0) is 37.3 Å². The summed E-state index contributed by atoms with van der Waals surface area (Å²) in [7, 11) is 0. The molecule has 2 aromatic heterocycles. The number of hydrogen-bond donors (Lipinski definition) is 0. The van der Waals surface area contributed by atoms with Crippen molar-refractivity contribution >= 4 is 0 Å². The molecular formula is C17H24N4O2. The molecule has 0 unspecified atom stereocenters. The van der Waals surface area contributed by atoms with Crippen LogP contribution in [0.5, 0.6) is 5.88 Å². The van der Waals surface area contributed by atoms with E-state index in [1.807, 2.05) is 19.1 Å². The maximum absolute atomic E-state index is 5.54. The zero-order valence-electron chi connectivity index (χ0n) is 14.0. The van der Waals surface area contributed by atoms with Crippen LogP contribution in [0.25, 0.3) is 11.4 Å². The lowest BCUT2D eigenvalue weighted by molar-refractivity contribution is 0.121. The van der Waals surface area contributed by atoms with Crippen molar-refractivity contribution < 1.29 is 9.26 Å². The zero-order chi connectivity index (χ0) is 16.2. The third-order valence-electron chi connectivity index (χ3n) is 4.06. The first-order valence-corrected chi connectivity index (χ1v) is 8.28. The van der Waals surface area contributed by atoms with Crippen LogP contribution in [-0.4, -0.2) is 39.7 Å². The van der Waals surface area contributed by atoms with E-state index in [4.69, 9.17) is 9.26 Å². The summed E-state index contributed by atoms with van der Waals surface area (Å²) in [6.45, 7) is 9.94. The lowest BCUT2D eigenvalue weighted by atomic mass is 9.92. The number of hydrogen-bond acceptors (Lipinski definition) is 6. The van der Waals surface area contributed by atoms with Crippen molar-refractivity contribution in [2.75, 3.05) is 19.7 Å². The van der Waals surface area contributed by atoms with Gasteiger partial charge in [0, 0.05) is 19.3 Å². The van der Waals surface area contributed by atoms with Gasteiger partial charge in [-0.2, -0.15) is 4.98 Å². The molecule has 3 rings (SSSR count). The monoisotopic (exact) mass is 316 g/mol. The average molecular weight is 316 g/mol. The molecule has 2 aromatic rings. The topological polar surface area (TPSA) is 64.3 Å². The highest BCUT2D eigenvalue weighted by Crippen LogP contribution is 2.26. The van der Waals surface area contributed by atoms with Crippen molar-refractivity contribution in [3.05, 3.63) is 24.2 Å². The number of rotatable bonds is 5. The molecule has 0 bridgehead atoms. The maximum atomic E-state index is 5.54. The summed E-state index contributed by atoms with van der Waals surface area (Å²) in [5, 5.41) is 4.10. The Kier molecular flexibility index (Phi) is 4.91. The molecule has 0 aliphatic carbocycles. The lowest BCUT2D eigenvalue weighted by Crippen LogP contribution is -2.38. The zero-order valence-corrected chi connectivity index (χ0v) is 14.0. The van der Waals surface area contributed by atoms with Crippen molar-refractivity contribution in [2.24, 2.45) is 11.8 Å². The Morgan fingerprint density at radius 2 is 2.09 bits per heavy atom. The summed E-state index contributed by atoms with van der Waals surface area (Å²) in [6.07, 6.45) is 2.99. The van der Waals surface area contributed by atoms with Gasteiger partial charge in [-0.3, -0.25) is 4.90 Å². The van der Waals surface area contributed by atoms with E-state index in [-0.39, 0.29) is 0 Å². The molecule has 1 saturated heterocycles. The van der Waals surface area contributed by atoms with Gasteiger partial charge in [0.2, 0.25) is 17.6 Å². The smallest absolute Gasteiger partial charge is 0.241 e. The van der Waals surface area contributed by atoms with Crippen LogP contribution >= 0.6 is 0 Å². The predicted octanol–water partition coefficient (Wildman–Crippen LogP) is 3.01. The second kappa shape index (κ2) is 7.08. The molecule has 124 valence electrons. The molecule has 1 aliphatic heterocycles. The number of pyridine rings is 1. The van der Waals surface area contributed by atoms with E-state index in [2.05, 4.69) is 33.9 Å². The van der Waals surface area contributed by atoms with Gasteiger partial charge in [-0.1, -0.05) is 19.0 Å². The van der Waals surface area contributed by atoms with Crippen LogP contribution in [0.1, 0.15) is 33.1 Å². The van der Waals surface area contributed by atoms with Gasteiger partial charge in [-0.15, -0.1) is 0 Å². The van der Waals surface area contributed by atoms with Crippen molar-refractivity contribution in [3.8, 4) is 17.3 Å². The van der Waals surface area contributed by atoms with Crippen molar-refractivity contribution in [3.63, 3.8) is 0 Å². The predicted molar refractivity (Wildman–Crippen MR) is 86.9 cm³/mol. The highest BCUT2D eigenvalue weighted by atomic mass is 16.5. The normalized spacial score (nSPS) is 22.2. The van der Waals surface area contributed by atoms with Gasteiger partial charge < -0.3 is 9.26 Å². The van der Waals surface area contributed by atoms with Crippen LogP contribution in [0.15, 0.2) is 22.9 Å². The lowest BCUT2D eigenvalue weighted by Gasteiger charge is -2.33. The number of aromatic nitrogens is 3. The summed E-state index contributed by atoms with van der Waals surface area (Å²) in [5.74, 6) is 3.15. The average Bonchev–Trinajstić information content (AvgIpc) is 2.95. The Bertz CT molecular complexity index is 633. The van der Waals surface area contributed by atoms with E-state index in [1.54, 1.807) is 6.20 Å². The molecule has 1 aliphatic rings. The Balaban J connectivity index is 1.73. The van der Waals surface area contributed by atoms with Crippen LogP contribution < -0.4 is 4.74 Å². The summed E-state index contributed by atoms with van der Waals surface area (Å²) in [6, 6.07) is 3.75. The van der Waals surface area contributed by atoms with Gasteiger partial charge in [0.05, 0.1) is 18.7 Å². The van der Waals surface area contributed by atoms with E-state index in [1.165, 1.54) is 6.42 Å². The largest absolute Gasteiger partial charge is 0.477 e. The third kappa shape index (κ3) is 3.88. The van der Waals surface area contributed by atoms with Crippen LogP contribution in [-0.2, 0) is 6.54 Å². The first-order chi connectivity index (χ1) is 11.2. The highest BCUT2D eigenvalue weighted by Gasteiger charge is 2.24. The summed E-state index contributed by atoms with van der Waals surface area (Å²) < 4.78 is 11.0. The van der Waals surface area contributed by atoms with Crippen LogP contribution in [0.3, 0.4) is 0 Å². The van der Waals surface area contributed by atoms with E-state index in [9.17, 15) is 0 Å². The Hall–Kier alpha value is -1.95.